The third-order valence-electron chi connectivity index (χ3n) is 5.31. The van der Waals surface area contributed by atoms with E-state index in [9.17, 15) is 9.59 Å². The number of rotatable bonds is 3. The molecule has 2 atom stereocenters. The highest BCUT2D eigenvalue weighted by Gasteiger charge is 2.30. The lowest BCUT2D eigenvalue weighted by Crippen LogP contribution is -2.36. The lowest BCUT2D eigenvalue weighted by molar-refractivity contribution is 0.402. The van der Waals surface area contributed by atoms with E-state index in [0.717, 1.165) is 11.1 Å². The van der Waals surface area contributed by atoms with Crippen molar-refractivity contribution >= 4 is 0 Å². The molecule has 2 heterocycles. The smallest absolute Gasteiger partial charge is 0.245 e. The quantitative estimate of drug-likeness (QED) is 0.510. The Morgan fingerprint density at radius 3 is 1.31 bits per heavy atom. The summed E-state index contributed by atoms with van der Waals surface area (Å²) in [5.41, 5.74) is 1.78. The van der Waals surface area contributed by atoms with E-state index < -0.39 is 0 Å². The van der Waals surface area contributed by atoms with Gasteiger partial charge in [0.25, 0.3) is 0 Å². The van der Waals surface area contributed by atoms with E-state index >= 15 is 0 Å². The van der Waals surface area contributed by atoms with Crippen LogP contribution in [0.3, 0.4) is 0 Å². The van der Waals surface area contributed by atoms with Gasteiger partial charge in [-0.15, -0.1) is 0 Å². The number of para-hydroxylation sites is 1. The van der Waals surface area contributed by atoms with Gasteiger partial charge >= 0.3 is 11.4 Å². The molecular formula is C24H19N3O2. The number of hydrogen-bond acceptors (Lipinski definition) is 2. The fraction of sp³-hybridized carbons (Fsp3) is 0.0833. The van der Waals surface area contributed by atoms with Crippen LogP contribution in [0.1, 0.15) is 23.2 Å². The fourth-order valence-electron chi connectivity index (χ4n) is 3.95. The second-order valence-electron chi connectivity index (χ2n) is 7.02. The summed E-state index contributed by atoms with van der Waals surface area (Å²) in [5, 5.41) is 0. The molecule has 5 nitrogen and oxygen atoms in total. The predicted octanol–water partition coefficient (Wildman–Crippen LogP) is 3.55. The van der Waals surface area contributed by atoms with Crippen molar-refractivity contribution in [2.75, 3.05) is 0 Å². The summed E-state index contributed by atoms with van der Waals surface area (Å²) in [6.45, 7) is 0. The first-order valence-corrected chi connectivity index (χ1v) is 9.55. The summed E-state index contributed by atoms with van der Waals surface area (Å²) < 4.78 is 4.39. The number of allylic oxidation sites excluding steroid dienone is 2. The van der Waals surface area contributed by atoms with Crippen molar-refractivity contribution in [2.24, 2.45) is 0 Å². The first-order valence-electron chi connectivity index (χ1n) is 9.55. The maximum atomic E-state index is 13.5. The van der Waals surface area contributed by atoms with Gasteiger partial charge in [-0.05, 0) is 23.3 Å². The summed E-state index contributed by atoms with van der Waals surface area (Å²) in [6, 6.07) is 27.9. The lowest BCUT2D eigenvalue weighted by atomic mass is 10.0. The number of benzene rings is 3. The zero-order chi connectivity index (χ0) is 19.8. The molecule has 5 rings (SSSR count). The number of nitrogens with zero attached hydrogens (tertiary/aromatic N) is 3. The Bertz CT molecular complexity index is 1200. The lowest BCUT2D eigenvalue weighted by Gasteiger charge is -2.27. The van der Waals surface area contributed by atoms with Gasteiger partial charge in [0, 0.05) is 0 Å². The summed E-state index contributed by atoms with van der Waals surface area (Å²) in [6.07, 6.45) is 4.01. The molecule has 142 valence electrons. The van der Waals surface area contributed by atoms with E-state index in [4.69, 9.17) is 0 Å². The zero-order valence-electron chi connectivity index (χ0n) is 15.6. The molecule has 5 heteroatoms. The van der Waals surface area contributed by atoms with Gasteiger partial charge in [0.05, 0.1) is 17.8 Å². The fourth-order valence-corrected chi connectivity index (χ4v) is 3.95. The van der Waals surface area contributed by atoms with Crippen molar-refractivity contribution in [1.29, 1.82) is 0 Å². The van der Waals surface area contributed by atoms with Gasteiger partial charge in [-0.2, -0.15) is 0 Å². The summed E-state index contributed by atoms with van der Waals surface area (Å²) in [7, 11) is 0. The molecule has 0 N–H and O–H groups in total. The van der Waals surface area contributed by atoms with Gasteiger partial charge in [-0.1, -0.05) is 91.0 Å². The van der Waals surface area contributed by atoms with Crippen LogP contribution in [0.4, 0.5) is 0 Å². The molecule has 1 aliphatic heterocycles. The SMILES string of the molecule is O=c1n(-c2ccccc2)c(=O)n2n1C(c1ccccc1)C=CC2c1ccccc1. The number of aromatic nitrogens is 3. The van der Waals surface area contributed by atoms with Crippen molar-refractivity contribution in [3.05, 3.63) is 135 Å². The largest absolute Gasteiger partial charge is 0.352 e. The van der Waals surface area contributed by atoms with Gasteiger partial charge < -0.3 is 0 Å². The van der Waals surface area contributed by atoms with E-state index in [0.29, 0.717) is 5.69 Å². The second-order valence-corrected chi connectivity index (χ2v) is 7.02. The van der Waals surface area contributed by atoms with Gasteiger partial charge in [-0.25, -0.2) is 23.5 Å². The molecule has 0 spiro atoms. The zero-order valence-corrected chi connectivity index (χ0v) is 15.6. The Labute approximate surface area is 167 Å². The van der Waals surface area contributed by atoms with Gasteiger partial charge in [0.2, 0.25) is 0 Å². The highest BCUT2D eigenvalue weighted by molar-refractivity contribution is 5.34. The van der Waals surface area contributed by atoms with Crippen LogP contribution >= 0.6 is 0 Å². The molecule has 0 aliphatic carbocycles. The van der Waals surface area contributed by atoms with Crippen LogP contribution in [-0.4, -0.2) is 13.9 Å². The standard InChI is InChI=1S/C24H19N3O2/c28-23-25(20-14-8-3-9-15-20)24(29)27-22(19-12-6-2-7-13-19)17-16-21(26(23)27)18-10-4-1-5-11-18/h1-17,21-22H. The van der Waals surface area contributed by atoms with Crippen LogP contribution in [0.25, 0.3) is 5.69 Å². The van der Waals surface area contributed by atoms with E-state index in [-0.39, 0.29) is 23.5 Å². The van der Waals surface area contributed by atoms with Crippen LogP contribution in [0, 0.1) is 0 Å². The highest BCUT2D eigenvalue weighted by atomic mass is 16.2. The van der Waals surface area contributed by atoms with Crippen LogP contribution in [-0.2, 0) is 0 Å². The molecule has 29 heavy (non-hydrogen) atoms. The maximum absolute atomic E-state index is 13.5. The van der Waals surface area contributed by atoms with E-state index in [1.54, 1.807) is 21.5 Å². The first kappa shape index (κ1) is 17.3. The van der Waals surface area contributed by atoms with Crippen molar-refractivity contribution in [2.45, 2.75) is 12.1 Å². The first-order chi connectivity index (χ1) is 14.3. The van der Waals surface area contributed by atoms with E-state index in [1.807, 2.05) is 91.0 Å². The third kappa shape index (κ3) is 2.79. The molecule has 3 aromatic carbocycles. The van der Waals surface area contributed by atoms with Crippen LogP contribution in [0.15, 0.2) is 113 Å². The topological polar surface area (TPSA) is 48.9 Å². The van der Waals surface area contributed by atoms with E-state index in [1.165, 1.54) is 4.57 Å². The Morgan fingerprint density at radius 2 is 0.897 bits per heavy atom. The van der Waals surface area contributed by atoms with Crippen molar-refractivity contribution in [3.63, 3.8) is 0 Å². The van der Waals surface area contributed by atoms with Crippen molar-refractivity contribution < 1.29 is 0 Å². The Morgan fingerprint density at radius 1 is 0.517 bits per heavy atom. The average molecular weight is 381 g/mol. The average Bonchev–Trinajstić information content (AvgIpc) is 3.06. The molecule has 0 bridgehead atoms. The normalized spacial score (nSPS) is 17.8. The molecule has 0 fully saturated rings. The molecule has 0 saturated carbocycles. The molecular weight excluding hydrogens is 362 g/mol. The molecule has 0 radical (unpaired) electrons. The summed E-state index contributed by atoms with van der Waals surface area (Å²) in [4.78, 5) is 26.9. The van der Waals surface area contributed by atoms with Crippen LogP contribution in [0.2, 0.25) is 0 Å². The minimum absolute atomic E-state index is 0.346. The third-order valence-corrected chi connectivity index (χ3v) is 5.31. The molecule has 0 saturated heterocycles. The van der Waals surface area contributed by atoms with Gasteiger partial charge in [-0.3, -0.25) is 0 Å². The Hall–Kier alpha value is -3.86. The van der Waals surface area contributed by atoms with Gasteiger partial charge in [0.1, 0.15) is 0 Å². The number of hydrogen-bond donors (Lipinski definition) is 0. The molecule has 2 unspecified atom stereocenters. The second kappa shape index (κ2) is 6.95. The number of fused-ring (bicyclic) bond motifs is 1. The predicted molar refractivity (Wildman–Crippen MR) is 113 cm³/mol. The van der Waals surface area contributed by atoms with E-state index in [2.05, 4.69) is 0 Å². The molecule has 1 aromatic heterocycles. The van der Waals surface area contributed by atoms with Crippen LogP contribution < -0.4 is 11.4 Å². The molecule has 1 aliphatic rings. The monoisotopic (exact) mass is 381 g/mol. The Balaban J connectivity index is 1.80. The summed E-state index contributed by atoms with van der Waals surface area (Å²) in [5.74, 6) is 0. The Kier molecular flexibility index (Phi) is 4.13. The van der Waals surface area contributed by atoms with Crippen molar-refractivity contribution in [1.82, 2.24) is 13.9 Å². The maximum Gasteiger partial charge on any atom is 0.352 e. The molecule has 0 amide bonds. The van der Waals surface area contributed by atoms with Gasteiger partial charge in [0.15, 0.2) is 0 Å². The minimum Gasteiger partial charge on any atom is -0.245 e. The summed E-state index contributed by atoms with van der Waals surface area (Å²) >= 11 is 0. The van der Waals surface area contributed by atoms with Crippen LogP contribution in [0.5, 0.6) is 0 Å². The highest BCUT2D eigenvalue weighted by Crippen LogP contribution is 2.28. The minimum atomic E-state index is -0.347. The molecule has 4 aromatic rings. The van der Waals surface area contributed by atoms with Crippen molar-refractivity contribution in [3.8, 4) is 5.69 Å².